The van der Waals surface area contributed by atoms with E-state index in [1.165, 1.54) is 6.42 Å². The first-order chi connectivity index (χ1) is 6.38. The molecule has 0 aromatic heterocycles. The molecule has 0 amide bonds. The lowest BCUT2D eigenvalue weighted by atomic mass is 10.0. The molecule has 1 heterocycles. The number of halogens is 1. The van der Waals surface area contributed by atoms with E-state index in [1.807, 2.05) is 30.3 Å². The maximum atomic E-state index is 9.96. The molecule has 14 heavy (non-hydrogen) atoms. The van der Waals surface area contributed by atoms with Gasteiger partial charge < -0.3 is 10.4 Å². The van der Waals surface area contributed by atoms with Gasteiger partial charge in [-0.2, -0.15) is 0 Å². The number of hydrogen-bond donors (Lipinski definition) is 2. The highest BCUT2D eigenvalue weighted by atomic mass is 35.5. The van der Waals surface area contributed by atoms with Gasteiger partial charge in [0.25, 0.3) is 0 Å². The third-order valence-corrected chi connectivity index (χ3v) is 2.62. The van der Waals surface area contributed by atoms with Crippen molar-refractivity contribution >= 4 is 12.4 Å². The third-order valence-electron chi connectivity index (χ3n) is 2.62. The van der Waals surface area contributed by atoms with Crippen molar-refractivity contribution in [3.05, 3.63) is 35.9 Å². The van der Waals surface area contributed by atoms with Crippen LogP contribution in [0.3, 0.4) is 0 Å². The van der Waals surface area contributed by atoms with Gasteiger partial charge in [-0.1, -0.05) is 30.3 Å². The lowest BCUT2D eigenvalue weighted by molar-refractivity contribution is 0.137. The van der Waals surface area contributed by atoms with Gasteiger partial charge >= 0.3 is 0 Å². The molecule has 2 unspecified atom stereocenters. The average molecular weight is 214 g/mol. The Bertz CT molecular complexity index is 259. The fourth-order valence-electron chi connectivity index (χ4n) is 1.86. The van der Waals surface area contributed by atoms with E-state index < -0.39 is 0 Å². The molecule has 78 valence electrons. The van der Waals surface area contributed by atoms with Crippen molar-refractivity contribution in [2.75, 3.05) is 6.54 Å². The number of nitrogens with one attached hydrogen (secondary N) is 1. The van der Waals surface area contributed by atoms with Gasteiger partial charge in [0.05, 0.1) is 6.10 Å². The Morgan fingerprint density at radius 1 is 1.29 bits per heavy atom. The zero-order valence-corrected chi connectivity index (χ0v) is 8.83. The summed E-state index contributed by atoms with van der Waals surface area (Å²) in [6, 6.07) is 10.1. The normalized spacial score (nSPS) is 22.8. The van der Waals surface area contributed by atoms with Crippen LogP contribution in [0.2, 0.25) is 0 Å². The minimum Gasteiger partial charge on any atom is -0.387 e. The molecule has 2 atom stereocenters. The summed E-state index contributed by atoms with van der Waals surface area (Å²) in [5.41, 5.74) is 1.02. The van der Waals surface area contributed by atoms with Crippen LogP contribution >= 0.6 is 12.4 Å². The summed E-state index contributed by atoms with van der Waals surface area (Å²) in [6.07, 6.45) is 1.91. The molecule has 0 spiro atoms. The van der Waals surface area contributed by atoms with Gasteiger partial charge in [0.15, 0.2) is 0 Å². The maximum Gasteiger partial charge on any atom is 0.0942 e. The quantitative estimate of drug-likeness (QED) is 0.787. The number of aliphatic hydroxyl groups excluding tert-OH is 1. The number of rotatable bonds is 2. The van der Waals surface area contributed by atoms with E-state index in [4.69, 9.17) is 0 Å². The summed E-state index contributed by atoms with van der Waals surface area (Å²) < 4.78 is 0. The molecular formula is C11H16ClNO. The van der Waals surface area contributed by atoms with Gasteiger partial charge in [0, 0.05) is 6.04 Å². The molecule has 2 rings (SSSR count). The molecule has 1 fully saturated rings. The lowest BCUT2D eigenvalue weighted by Gasteiger charge is -2.18. The highest BCUT2D eigenvalue weighted by Crippen LogP contribution is 2.22. The average Bonchev–Trinajstić information content (AvgIpc) is 2.71. The van der Waals surface area contributed by atoms with Crippen LogP contribution in [-0.2, 0) is 0 Å². The summed E-state index contributed by atoms with van der Waals surface area (Å²) in [5.74, 6) is 0. The second-order valence-corrected chi connectivity index (χ2v) is 3.56. The zero-order valence-electron chi connectivity index (χ0n) is 8.02. The molecule has 1 saturated heterocycles. The Labute approximate surface area is 90.7 Å². The first kappa shape index (κ1) is 11.5. The second kappa shape index (κ2) is 5.35. The smallest absolute Gasteiger partial charge is 0.0942 e. The molecule has 0 bridgehead atoms. The Hall–Kier alpha value is -0.570. The van der Waals surface area contributed by atoms with Crippen LogP contribution in [0.15, 0.2) is 30.3 Å². The van der Waals surface area contributed by atoms with Crippen LogP contribution < -0.4 is 5.32 Å². The number of hydrogen-bond acceptors (Lipinski definition) is 2. The summed E-state index contributed by atoms with van der Waals surface area (Å²) in [5, 5.41) is 13.3. The third kappa shape index (κ3) is 2.47. The Kier molecular flexibility index (Phi) is 4.39. The fraction of sp³-hybridized carbons (Fsp3) is 0.455. The Balaban J connectivity index is 0.000000980. The van der Waals surface area contributed by atoms with E-state index in [-0.39, 0.29) is 24.6 Å². The van der Waals surface area contributed by atoms with Crippen LogP contribution in [0.5, 0.6) is 0 Å². The largest absolute Gasteiger partial charge is 0.387 e. The summed E-state index contributed by atoms with van der Waals surface area (Å²) in [4.78, 5) is 0. The summed E-state index contributed by atoms with van der Waals surface area (Å²) in [7, 11) is 0. The predicted octanol–water partition coefficient (Wildman–Crippen LogP) is 1.89. The predicted molar refractivity (Wildman–Crippen MR) is 59.7 cm³/mol. The molecule has 3 heteroatoms. The monoisotopic (exact) mass is 213 g/mol. The lowest BCUT2D eigenvalue weighted by Crippen LogP contribution is -2.28. The van der Waals surface area contributed by atoms with Crippen LogP contribution in [0.4, 0.5) is 0 Å². The van der Waals surface area contributed by atoms with Crippen LogP contribution in [0, 0.1) is 0 Å². The topological polar surface area (TPSA) is 32.3 Å². The van der Waals surface area contributed by atoms with Gasteiger partial charge in [-0.25, -0.2) is 0 Å². The van der Waals surface area contributed by atoms with E-state index in [0.29, 0.717) is 0 Å². The Morgan fingerprint density at radius 2 is 2.00 bits per heavy atom. The highest BCUT2D eigenvalue weighted by Gasteiger charge is 2.23. The molecule has 1 aliphatic rings. The molecule has 2 N–H and O–H groups in total. The van der Waals surface area contributed by atoms with Crippen molar-refractivity contribution < 1.29 is 5.11 Å². The SMILES string of the molecule is Cl.OC(c1ccccc1)C1CCCN1. The summed E-state index contributed by atoms with van der Waals surface area (Å²) >= 11 is 0. The second-order valence-electron chi connectivity index (χ2n) is 3.56. The van der Waals surface area contributed by atoms with Gasteiger partial charge in [0.2, 0.25) is 0 Å². The molecule has 0 radical (unpaired) electrons. The standard InChI is InChI=1S/C11H15NO.ClH/c13-11(10-7-4-8-12-10)9-5-2-1-3-6-9;/h1-3,5-6,10-13H,4,7-8H2;1H. The van der Waals surface area contributed by atoms with Gasteiger partial charge in [0.1, 0.15) is 0 Å². The van der Waals surface area contributed by atoms with E-state index in [2.05, 4.69) is 5.32 Å². The molecule has 0 aliphatic carbocycles. The van der Waals surface area contributed by atoms with Gasteiger partial charge in [-0.15, -0.1) is 12.4 Å². The fourth-order valence-corrected chi connectivity index (χ4v) is 1.86. The van der Waals surface area contributed by atoms with Crippen molar-refractivity contribution in [1.29, 1.82) is 0 Å². The van der Waals surface area contributed by atoms with Gasteiger partial charge in [-0.05, 0) is 24.9 Å². The minimum atomic E-state index is -0.344. The first-order valence-corrected chi connectivity index (χ1v) is 4.84. The van der Waals surface area contributed by atoms with E-state index >= 15 is 0 Å². The molecular weight excluding hydrogens is 198 g/mol. The van der Waals surface area contributed by atoms with Crippen molar-refractivity contribution in [3.8, 4) is 0 Å². The van der Waals surface area contributed by atoms with Gasteiger partial charge in [-0.3, -0.25) is 0 Å². The number of benzene rings is 1. The molecule has 1 aromatic rings. The van der Waals surface area contributed by atoms with E-state index in [0.717, 1.165) is 18.5 Å². The van der Waals surface area contributed by atoms with Crippen LogP contribution in [-0.4, -0.2) is 17.7 Å². The van der Waals surface area contributed by atoms with Crippen molar-refractivity contribution in [2.45, 2.75) is 25.0 Å². The minimum absolute atomic E-state index is 0. The number of aliphatic hydroxyl groups is 1. The van der Waals surface area contributed by atoms with Crippen LogP contribution in [0.25, 0.3) is 0 Å². The molecule has 1 aliphatic heterocycles. The van der Waals surface area contributed by atoms with E-state index in [1.54, 1.807) is 0 Å². The zero-order chi connectivity index (χ0) is 9.10. The van der Waals surface area contributed by atoms with Crippen molar-refractivity contribution in [2.24, 2.45) is 0 Å². The summed E-state index contributed by atoms with van der Waals surface area (Å²) in [6.45, 7) is 1.04. The highest BCUT2D eigenvalue weighted by molar-refractivity contribution is 5.85. The van der Waals surface area contributed by atoms with E-state index in [9.17, 15) is 5.11 Å². The van der Waals surface area contributed by atoms with Crippen LogP contribution in [0.1, 0.15) is 24.5 Å². The molecule has 2 nitrogen and oxygen atoms in total. The van der Waals surface area contributed by atoms with Crippen molar-refractivity contribution in [3.63, 3.8) is 0 Å². The maximum absolute atomic E-state index is 9.96. The molecule has 1 aromatic carbocycles. The Morgan fingerprint density at radius 3 is 2.57 bits per heavy atom. The van der Waals surface area contributed by atoms with Crippen molar-refractivity contribution in [1.82, 2.24) is 5.32 Å². The first-order valence-electron chi connectivity index (χ1n) is 4.84. The molecule has 0 saturated carbocycles.